The fourth-order valence-corrected chi connectivity index (χ4v) is 1.32. The lowest BCUT2D eigenvalue weighted by Crippen LogP contribution is -2.29. The molecule has 1 fully saturated rings. The maximum Gasteiger partial charge on any atom is 0.409 e. The lowest BCUT2D eigenvalue weighted by molar-refractivity contribution is 0.131. The van der Waals surface area contributed by atoms with E-state index in [-0.39, 0.29) is 18.5 Å². The first kappa shape index (κ1) is 11.5. The second-order valence-corrected chi connectivity index (χ2v) is 2.81. The van der Waals surface area contributed by atoms with E-state index in [1.54, 1.807) is 4.90 Å². The molecule has 12 heavy (non-hydrogen) atoms. The summed E-state index contributed by atoms with van der Waals surface area (Å²) in [7, 11) is 1.40. The molecule has 1 amide bonds. The lowest BCUT2D eigenvalue weighted by atomic mass is 10.1. The quantitative estimate of drug-likeness (QED) is 0.660. The molecule has 0 saturated carbocycles. The molecule has 4 nitrogen and oxygen atoms in total. The Morgan fingerprint density at radius 1 is 1.75 bits per heavy atom. The van der Waals surface area contributed by atoms with E-state index in [1.807, 2.05) is 0 Å². The number of carbonyl (C=O) groups is 1. The molecule has 2 N–H and O–H groups in total. The maximum absolute atomic E-state index is 10.9. The Morgan fingerprint density at radius 2 is 2.42 bits per heavy atom. The number of likely N-dealkylation sites (tertiary alicyclic amines) is 1. The molecule has 0 aliphatic carbocycles. The van der Waals surface area contributed by atoms with E-state index in [2.05, 4.69) is 4.74 Å². The Morgan fingerprint density at radius 3 is 2.83 bits per heavy atom. The monoisotopic (exact) mass is 194 g/mol. The minimum atomic E-state index is -0.235. The van der Waals surface area contributed by atoms with Crippen LogP contribution in [-0.2, 0) is 4.74 Å². The molecule has 0 aromatic heterocycles. The first-order valence-electron chi connectivity index (χ1n) is 3.81. The Kier molecular flexibility index (Phi) is 5.01. The number of hydrogen-bond acceptors (Lipinski definition) is 3. The van der Waals surface area contributed by atoms with E-state index in [0.717, 1.165) is 19.5 Å². The minimum Gasteiger partial charge on any atom is -0.453 e. The van der Waals surface area contributed by atoms with Crippen LogP contribution in [0.3, 0.4) is 0 Å². The van der Waals surface area contributed by atoms with Crippen LogP contribution in [0.5, 0.6) is 0 Å². The van der Waals surface area contributed by atoms with Gasteiger partial charge in [0.2, 0.25) is 0 Å². The van der Waals surface area contributed by atoms with Crippen LogP contribution in [0.4, 0.5) is 4.79 Å². The van der Waals surface area contributed by atoms with E-state index in [4.69, 9.17) is 5.73 Å². The molecule has 1 atom stereocenters. The normalized spacial score (nSPS) is 21.8. The van der Waals surface area contributed by atoms with E-state index in [1.165, 1.54) is 7.11 Å². The van der Waals surface area contributed by atoms with Crippen molar-refractivity contribution in [2.75, 3.05) is 26.7 Å². The second-order valence-electron chi connectivity index (χ2n) is 2.81. The summed E-state index contributed by atoms with van der Waals surface area (Å²) in [6.45, 7) is 2.20. The van der Waals surface area contributed by atoms with E-state index < -0.39 is 0 Å². The van der Waals surface area contributed by atoms with Gasteiger partial charge >= 0.3 is 6.09 Å². The van der Waals surface area contributed by atoms with Crippen LogP contribution in [0, 0.1) is 5.92 Å². The standard InChI is InChI=1S/C7H14N2O2.ClH/c1-11-7(10)9-3-2-6(4-8)5-9;/h6H,2-5,8H2,1H3;1H. The summed E-state index contributed by atoms with van der Waals surface area (Å²) in [6, 6.07) is 0. The first-order chi connectivity index (χ1) is 5.27. The molecule has 0 bridgehead atoms. The summed E-state index contributed by atoms with van der Waals surface area (Å²) in [6.07, 6.45) is 0.770. The molecule has 1 saturated heterocycles. The van der Waals surface area contributed by atoms with Crippen molar-refractivity contribution in [3.8, 4) is 0 Å². The van der Waals surface area contributed by atoms with Gasteiger partial charge in [-0.05, 0) is 18.9 Å². The number of nitrogens with two attached hydrogens (primary N) is 1. The van der Waals surface area contributed by atoms with Crippen molar-refractivity contribution < 1.29 is 9.53 Å². The highest BCUT2D eigenvalue weighted by Gasteiger charge is 2.25. The SMILES string of the molecule is COC(=O)N1CCC(CN)C1.Cl. The van der Waals surface area contributed by atoms with Crippen molar-refractivity contribution in [3.05, 3.63) is 0 Å². The van der Waals surface area contributed by atoms with Crippen molar-refractivity contribution >= 4 is 18.5 Å². The van der Waals surface area contributed by atoms with Crippen molar-refractivity contribution in [2.45, 2.75) is 6.42 Å². The van der Waals surface area contributed by atoms with Gasteiger partial charge in [0.15, 0.2) is 0 Å². The fourth-order valence-electron chi connectivity index (χ4n) is 1.32. The molecule has 0 aromatic rings. The minimum absolute atomic E-state index is 0. The zero-order valence-electron chi connectivity index (χ0n) is 7.16. The molecule has 1 aliphatic heterocycles. The molecular weight excluding hydrogens is 180 g/mol. The van der Waals surface area contributed by atoms with Gasteiger partial charge in [-0.2, -0.15) is 0 Å². The number of ether oxygens (including phenoxy) is 1. The summed E-state index contributed by atoms with van der Waals surface area (Å²) >= 11 is 0. The number of halogens is 1. The van der Waals surface area contributed by atoms with E-state index in [0.29, 0.717) is 12.5 Å². The van der Waals surface area contributed by atoms with Gasteiger partial charge in [-0.15, -0.1) is 12.4 Å². The Labute approximate surface area is 78.5 Å². The summed E-state index contributed by atoms with van der Waals surface area (Å²) in [5, 5.41) is 0. The van der Waals surface area contributed by atoms with Crippen LogP contribution >= 0.6 is 12.4 Å². The van der Waals surface area contributed by atoms with Crippen molar-refractivity contribution in [1.82, 2.24) is 4.90 Å². The fraction of sp³-hybridized carbons (Fsp3) is 0.857. The van der Waals surface area contributed by atoms with Gasteiger partial charge in [-0.25, -0.2) is 4.79 Å². The number of hydrogen-bond donors (Lipinski definition) is 1. The number of rotatable bonds is 1. The van der Waals surface area contributed by atoms with Crippen LogP contribution in [0.1, 0.15) is 6.42 Å². The second kappa shape index (κ2) is 5.22. The molecule has 0 radical (unpaired) electrons. The van der Waals surface area contributed by atoms with Crippen LogP contribution < -0.4 is 5.73 Å². The summed E-state index contributed by atoms with van der Waals surface area (Å²) in [5.41, 5.74) is 5.46. The first-order valence-corrected chi connectivity index (χ1v) is 3.81. The van der Waals surface area contributed by atoms with Gasteiger partial charge in [-0.3, -0.25) is 0 Å². The van der Waals surface area contributed by atoms with Gasteiger partial charge in [0.25, 0.3) is 0 Å². The Balaban J connectivity index is 0.00000121. The Hall–Kier alpha value is -0.480. The van der Waals surface area contributed by atoms with Gasteiger partial charge in [0.1, 0.15) is 0 Å². The number of methoxy groups -OCH3 is 1. The van der Waals surface area contributed by atoms with E-state index in [9.17, 15) is 4.79 Å². The van der Waals surface area contributed by atoms with Crippen molar-refractivity contribution in [3.63, 3.8) is 0 Å². The van der Waals surface area contributed by atoms with E-state index >= 15 is 0 Å². The average molecular weight is 195 g/mol. The molecule has 72 valence electrons. The highest BCUT2D eigenvalue weighted by Crippen LogP contribution is 2.14. The zero-order chi connectivity index (χ0) is 8.27. The number of amides is 1. The third-order valence-corrected chi connectivity index (χ3v) is 2.05. The molecule has 5 heteroatoms. The third kappa shape index (κ3) is 2.53. The molecule has 1 rings (SSSR count). The number of nitrogens with zero attached hydrogens (tertiary/aromatic N) is 1. The predicted octanol–water partition coefficient (Wildman–Crippen LogP) is 0.455. The maximum atomic E-state index is 10.9. The smallest absolute Gasteiger partial charge is 0.409 e. The summed E-state index contributed by atoms with van der Waals surface area (Å²) in [5.74, 6) is 0.467. The summed E-state index contributed by atoms with van der Waals surface area (Å²) < 4.78 is 4.57. The Bertz CT molecular complexity index is 154. The van der Waals surface area contributed by atoms with Crippen LogP contribution in [0.15, 0.2) is 0 Å². The highest BCUT2D eigenvalue weighted by atomic mass is 35.5. The molecular formula is C7H15ClN2O2. The molecule has 1 aliphatic rings. The van der Waals surface area contributed by atoms with Gasteiger partial charge < -0.3 is 15.4 Å². The topological polar surface area (TPSA) is 55.6 Å². The highest BCUT2D eigenvalue weighted by molar-refractivity contribution is 5.85. The molecule has 1 heterocycles. The third-order valence-electron chi connectivity index (χ3n) is 2.05. The number of carbonyl (C=O) groups excluding carboxylic acids is 1. The largest absolute Gasteiger partial charge is 0.453 e. The van der Waals surface area contributed by atoms with Crippen LogP contribution in [0.2, 0.25) is 0 Å². The predicted molar refractivity (Wildman–Crippen MR) is 48.4 cm³/mol. The van der Waals surface area contributed by atoms with Gasteiger partial charge in [0, 0.05) is 13.1 Å². The van der Waals surface area contributed by atoms with Crippen LogP contribution in [-0.4, -0.2) is 37.7 Å². The summed E-state index contributed by atoms with van der Waals surface area (Å²) in [4.78, 5) is 12.6. The van der Waals surface area contributed by atoms with Crippen molar-refractivity contribution in [2.24, 2.45) is 11.7 Å². The molecule has 0 spiro atoms. The average Bonchev–Trinajstić information content (AvgIpc) is 2.50. The lowest BCUT2D eigenvalue weighted by Gasteiger charge is -2.13. The van der Waals surface area contributed by atoms with Gasteiger partial charge in [0.05, 0.1) is 7.11 Å². The zero-order valence-corrected chi connectivity index (χ0v) is 7.97. The molecule has 1 unspecified atom stereocenters. The van der Waals surface area contributed by atoms with Crippen LogP contribution in [0.25, 0.3) is 0 Å². The van der Waals surface area contributed by atoms with Crippen molar-refractivity contribution in [1.29, 1.82) is 0 Å². The van der Waals surface area contributed by atoms with Gasteiger partial charge in [-0.1, -0.05) is 0 Å². The molecule has 0 aromatic carbocycles.